The molecule has 0 saturated heterocycles. The first-order valence-electron chi connectivity index (χ1n) is 9.12. The number of benzene rings is 2. The molecule has 0 bridgehead atoms. The fraction of sp³-hybridized carbons (Fsp3) is 0.455. The van der Waals surface area contributed by atoms with E-state index in [1.165, 1.54) is 17.5 Å². The van der Waals surface area contributed by atoms with Crippen LogP contribution in [0.3, 0.4) is 0 Å². The summed E-state index contributed by atoms with van der Waals surface area (Å²) in [4.78, 5) is 1.68. The zero-order valence-electron chi connectivity index (χ0n) is 17.0. The van der Waals surface area contributed by atoms with Crippen LogP contribution >= 0.6 is 50.1 Å². The van der Waals surface area contributed by atoms with E-state index in [1.54, 1.807) is 0 Å². The van der Waals surface area contributed by atoms with Gasteiger partial charge in [-0.15, -0.1) is 50.1 Å². The maximum absolute atomic E-state index is 6.05. The number of nitrogen functional groups attached to an aromatic ring is 2. The first kappa shape index (κ1) is 25.4. The van der Waals surface area contributed by atoms with E-state index in [0.29, 0.717) is 11.4 Å². The predicted octanol–water partition coefficient (Wildman–Crippen LogP) is 6.79. The van der Waals surface area contributed by atoms with Crippen LogP contribution in [0, 0.1) is 10.8 Å². The van der Waals surface area contributed by atoms with Crippen molar-refractivity contribution < 1.29 is 0 Å². The molecule has 0 unspecified atom stereocenters. The lowest BCUT2D eigenvalue weighted by Gasteiger charge is -2.53. The molecule has 2 aromatic rings. The summed E-state index contributed by atoms with van der Waals surface area (Å²) in [5.74, 6) is 0. The molecule has 6 heteroatoms. The van der Waals surface area contributed by atoms with Crippen LogP contribution in [-0.4, -0.2) is 0 Å². The predicted molar refractivity (Wildman–Crippen MR) is 133 cm³/mol. The summed E-state index contributed by atoms with van der Waals surface area (Å²) >= 11 is 9.20. The first-order valence-corrected chi connectivity index (χ1v) is 10.0. The topological polar surface area (TPSA) is 52.0 Å². The first-order chi connectivity index (χ1) is 11.9. The molecule has 1 saturated carbocycles. The number of halogens is 2. The van der Waals surface area contributed by atoms with Crippen molar-refractivity contribution in [3.63, 3.8) is 0 Å². The number of anilines is 2. The maximum Gasteiger partial charge on any atom is 0.0449 e. The van der Waals surface area contributed by atoms with E-state index in [9.17, 15) is 0 Å². The molecule has 0 aliphatic heterocycles. The van der Waals surface area contributed by atoms with Gasteiger partial charge in [0.2, 0.25) is 0 Å². The molecule has 1 aliphatic rings. The molecule has 1 aliphatic carbocycles. The highest BCUT2D eigenvalue weighted by atomic mass is 35.5. The Bertz CT molecular complexity index is 781. The lowest BCUT2D eigenvalue weighted by atomic mass is 9.51. The fourth-order valence-electron chi connectivity index (χ4n) is 5.37. The van der Waals surface area contributed by atoms with Gasteiger partial charge in [-0.25, -0.2) is 0 Å². The Morgan fingerprint density at radius 1 is 0.679 bits per heavy atom. The second-order valence-electron chi connectivity index (χ2n) is 9.49. The van der Waals surface area contributed by atoms with Crippen LogP contribution in [0.1, 0.15) is 58.1 Å². The highest BCUT2D eigenvalue weighted by Gasteiger charge is 2.49. The van der Waals surface area contributed by atoms with Gasteiger partial charge >= 0.3 is 0 Å². The van der Waals surface area contributed by atoms with Gasteiger partial charge in [-0.2, -0.15) is 0 Å². The van der Waals surface area contributed by atoms with E-state index >= 15 is 0 Å². The Morgan fingerprint density at radius 2 is 1.04 bits per heavy atom. The van der Waals surface area contributed by atoms with Gasteiger partial charge in [0, 0.05) is 26.6 Å². The quantitative estimate of drug-likeness (QED) is 0.295. The molecule has 0 heterocycles. The van der Waals surface area contributed by atoms with Gasteiger partial charge < -0.3 is 11.5 Å². The average molecular weight is 460 g/mol. The van der Waals surface area contributed by atoms with Crippen LogP contribution in [0.4, 0.5) is 11.4 Å². The van der Waals surface area contributed by atoms with Crippen molar-refractivity contribution in [1.82, 2.24) is 0 Å². The average Bonchev–Trinajstić information content (AvgIpc) is 2.49. The van der Waals surface area contributed by atoms with Gasteiger partial charge in [-0.3, -0.25) is 0 Å². The molecular weight excluding hydrogens is 427 g/mol. The van der Waals surface area contributed by atoms with E-state index in [0.717, 1.165) is 22.6 Å². The molecule has 0 atom stereocenters. The fourth-order valence-corrected chi connectivity index (χ4v) is 5.80. The lowest BCUT2D eigenvalue weighted by molar-refractivity contribution is 0.0625. The Balaban J connectivity index is 0.00000196. The summed E-state index contributed by atoms with van der Waals surface area (Å²) in [6, 6.07) is 12.6. The van der Waals surface area contributed by atoms with Crippen LogP contribution in [0.2, 0.25) is 0 Å². The molecular formula is C22H32Cl2N2S2. The SMILES string of the molecule is CC1(C)CC(C)(C)CC(c2ccc(N)c(S)c2)(c2ccc(N)c(S)c2)C1.Cl.Cl. The largest absolute Gasteiger partial charge is 0.398 e. The summed E-state index contributed by atoms with van der Waals surface area (Å²) in [6.07, 6.45) is 3.34. The Labute approximate surface area is 192 Å². The molecule has 28 heavy (non-hydrogen) atoms. The van der Waals surface area contributed by atoms with Crippen molar-refractivity contribution in [3.05, 3.63) is 47.5 Å². The molecule has 4 N–H and O–H groups in total. The number of hydrogen-bond donors (Lipinski definition) is 4. The van der Waals surface area contributed by atoms with Crippen LogP contribution in [0.25, 0.3) is 0 Å². The summed E-state index contributed by atoms with van der Waals surface area (Å²) in [7, 11) is 0. The highest BCUT2D eigenvalue weighted by molar-refractivity contribution is 7.80. The summed E-state index contributed by atoms with van der Waals surface area (Å²) in [6.45, 7) is 9.50. The third-order valence-corrected chi connectivity index (χ3v) is 6.46. The molecule has 2 aromatic carbocycles. The molecule has 0 spiro atoms. The zero-order chi connectivity index (χ0) is 19.3. The van der Waals surface area contributed by atoms with E-state index < -0.39 is 0 Å². The standard InChI is InChI=1S/C22H30N2S2.2ClH/c1-20(2)11-21(3,4)13-22(12-20,14-5-7-16(23)18(25)9-14)15-6-8-17(24)19(26)10-15;;/h5-10,25-26H,11-13,23-24H2,1-4H3;2*1H. The summed E-state index contributed by atoms with van der Waals surface area (Å²) in [5, 5.41) is 0. The number of nitrogens with two attached hydrogens (primary N) is 2. The smallest absolute Gasteiger partial charge is 0.0449 e. The van der Waals surface area contributed by atoms with Gasteiger partial charge in [0.25, 0.3) is 0 Å². The maximum atomic E-state index is 6.05. The van der Waals surface area contributed by atoms with Crippen LogP contribution < -0.4 is 11.5 Å². The molecule has 156 valence electrons. The molecule has 0 amide bonds. The van der Waals surface area contributed by atoms with Crippen molar-refractivity contribution in [1.29, 1.82) is 0 Å². The Hall–Kier alpha value is -0.680. The van der Waals surface area contributed by atoms with Crippen LogP contribution in [0.15, 0.2) is 46.2 Å². The van der Waals surface area contributed by atoms with Crippen molar-refractivity contribution in [2.75, 3.05) is 11.5 Å². The minimum Gasteiger partial charge on any atom is -0.398 e. The van der Waals surface area contributed by atoms with Gasteiger partial charge in [0.15, 0.2) is 0 Å². The Kier molecular flexibility index (Phi) is 7.78. The van der Waals surface area contributed by atoms with E-state index in [2.05, 4.69) is 77.2 Å². The molecule has 3 rings (SSSR count). The number of rotatable bonds is 2. The highest BCUT2D eigenvalue weighted by Crippen LogP contribution is 2.58. The second-order valence-corrected chi connectivity index (χ2v) is 10.5. The molecule has 0 radical (unpaired) electrons. The minimum atomic E-state index is -0.110. The van der Waals surface area contributed by atoms with Crippen molar-refractivity contribution in [2.24, 2.45) is 10.8 Å². The van der Waals surface area contributed by atoms with Crippen molar-refractivity contribution >= 4 is 61.4 Å². The normalized spacial score (nSPS) is 19.2. The van der Waals surface area contributed by atoms with Gasteiger partial charge in [0.05, 0.1) is 0 Å². The van der Waals surface area contributed by atoms with Crippen LogP contribution in [-0.2, 0) is 5.41 Å². The zero-order valence-corrected chi connectivity index (χ0v) is 20.4. The summed E-state index contributed by atoms with van der Waals surface area (Å²) < 4.78 is 0. The number of thiol groups is 2. The third kappa shape index (κ3) is 4.89. The second kappa shape index (κ2) is 8.59. The molecule has 2 nitrogen and oxygen atoms in total. The monoisotopic (exact) mass is 458 g/mol. The van der Waals surface area contributed by atoms with Crippen molar-refractivity contribution in [3.8, 4) is 0 Å². The van der Waals surface area contributed by atoms with E-state index in [4.69, 9.17) is 11.5 Å². The van der Waals surface area contributed by atoms with E-state index in [1.807, 2.05) is 12.1 Å². The minimum absolute atomic E-state index is 0. The Morgan fingerprint density at radius 3 is 1.36 bits per heavy atom. The molecule has 0 aromatic heterocycles. The number of hydrogen-bond acceptors (Lipinski definition) is 4. The van der Waals surface area contributed by atoms with Crippen molar-refractivity contribution in [2.45, 2.75) is 62.2 Å². The van der Waals surface area contributed by atoms with Gasteiger partial charge in [-0.05, 0) is 65.5 Å². The van der Waals surface area contributed by atoms with Gasteiger partial charge in [0.1, 0.15) is 0 Å². The van der Waals surface area contributed by atoms with Crippen LogP contribution in [0.5, 0.6) is 0 Å². The van der Waals surface area contributed by atoms with Gasteiger partial charge in [-0.1, -0.05) is 39.8 Å². The third-order valence-electron chi connectivity index (χ3n) is 5.68. The molecule has 1 fully saturated rings. The summed E-state index contributed by atoms with van der Waals surface area (Å²) in [5.41, 5.74) is 16.4. The van der Waals surface area contributed by atoms with E-state index in [-0.39, 0.29) is 41.1 Å². The lowest BCUT2D eigenvalue weighted by Crippen LogP contribution is -2.45.